The minimum atomic E-state index is -4.29. The van der Waals surface area contributed by atoms with Crippen LogP contribution in [0, 0.1) is 0 Å². The predicted octanol–water partition coefficient (Wildman–Crippen LogP) is 4.57. The summed E-state index contributed by atoms with van der Waals surface area (Å²) in [5.41, 5.74) is 1.78. The fourth-order valence-corrected chi connectivity index (χ4v) is 2.44. The molecule has 0 saturated heterocycles. The summed E-state index contributed by atoms with van der Waals surface area (Å²) < 4.78 is 43.1. The number of nitrogens with zero attached hydrogens (tertiary/aromatic N) is 1. The quantitative estimate of drug-likeness (QED) is 0.609. The van der Waals surface area contributed by atoms with Gasteiger partial charge >= 0.3 is 6.18 Å². The Hall–Kier alpha value is -2.34. The van der Waals surface area contributed by atoms with Crippen LogP contribution >= 0.6 is 0 Å². The first-order chi connectivity index (χ1) is 12.4. The van der Waals surface area contributed by atoms with Crippen molar-refractivity contribution >= 4 is 5.91 Å². The molecule has 0 fully saturated rings. The average Bonchev–Trinajstić information content (AvgIpc) is 2.63. The molecule has 0 radical (unpaired) electrons. The average molecular weight is 365 g/mol. The molecule has 0 atom stereocenters. The molecular formula is C20H22F3NO2. The van der Waals surface area contributed by atoms with Gasteiger partial charge in [-0.2, -0.15) is 13.2 Å². The highest BCUT2D eigenvalue weighted by atomic mass is 19.4. The predicted molar refractivity (Wildman–Crippen MR) is 93.2 cm³/mol. The molecule has 26 heavy (non-hydrogen) atoms. The second-order valence-corrected chi connectivity index (χ2v) is 5.95. The van der Waals surface area contributed by atoms with E-state index in [2.05, 4.69) is 0 Å². The molecule has 0 aliphatic rings. The number of carbonyl (C=O) groups excluding carboxylic acids is 1. The first-order valence-corrected chi connectivity index (χ1v) is 8.44. The zero-order valence-electron chi connectivity index (χ0n) is 14.4. The van der Waals surface area contributed by atoms with Crippen LogP contribution in [0.15, 0.2) is 60.7 Å². The van der Waals surface area contributed by atoms with Gasteiger partial charge in [0.25, 0.3) is 0 Å². The summed E-state index contributed by atoms with van der Waals surface area (Å²) in [5.74, 6) is -0.342. The van der Waals surface area contributed by atoms with Gasteiger partial charge in [-0.15, -0.1) is 0 Å². The van der Waals surface area contributed by atoms with E-state index in [0.717, 1.165) is 11.1 Å². The van der Waals surface area contributed by atoms with Gasteiger partial charge < -0.3 is 9.64 Å². The van der Waals surface area contributed by atoms with Gasteiger partial charge in [-0.3, -0.25) is 4.79 Å². The molecule has 0 spiro atoms. The molecule has 0 unspecified atom stereocenters. The third kappa shape index (κ3) is 7.70. The van der Waals surface area contributed by atoms with Gasteiger partial charge in [-0.1, -0.05) is 60.7 Å². The van der Waals surface area contributed by atoms with E-state index in [-0.39, 0.29) is 32.0 Å². The molecule has 0 aliphatic heterocycles. The lowest BCUT2D eigenvalue weighted by Gasteiger charge is -2.23. The number of carbonyl (C=O) groups is 1. The second-order valence-electron chi connectivity index (χ2n) is 5.95. The van der Waals surface area contributed by atoms with Gasteiger partial charge in [0.05, 0.1) is 26.1 Å². The molecule has 0 bridgehead atoms. The van der Waals surface area contributed by atoms with Crippen LogP contribution < -0.4 is 0 Å². The summed E-state index contributed by atoms with van der Waals surface area (Å²) in [6.07, 6.45) is -5.26. The first-order valence-electron chi connectivity index (χ1n) is 8.44. The van der Waals surface area contributed by atoms with E-state index >= 15 is 0 Å². The van der Waals surface area contributed by atoms with Crippen molar-refractivity contribution in [3.8, 4) is 0 Å². The van der Waals surface area contributed by atoms with Gasteiger partial charge in [0, 0.05) is 13.1 Å². The number of ether oxygens (including phenoxy) is 1. The summed E-state index contributed by atoms with van der Waals surface area (Å²) in [5, 5.41) is 0. The van der Waals surface area contributed by atoms with Crippen molar-refractivity contribution in [3.05, 3.63) is 71.8 Å². The van der Waals surface area contributed by atoms with Crippen molar-refractivity contribution in [3.63, 3.8) is 0 Å². The number of alkyl halides is 3. The fraction of sp³-hybridized carbons (Fsp3) is 0.350. The van der Waals surface area contributed by atoms with Crippen LogP contribution in [0.1, 0.15) is 24.0 Å². The molecule has 140 valence electrons. The number of rotatable bonds is 9. The SMILES string of the molecule is O=C(CCOCc1ccccc1)N(CCC(F)(F)F)Cc1ccccc1. The zero-order valence-corrected chi connectivity index (χ0v) is 14.4. The van der Waals surface area contributed by atoms with E-state index in [9.17, 15) is 18.0 Å². The van der Waals surface area contributed by atoms with Crippen molar-refractivity contribution in [2.24, 2.45) is 0 Å². The number of hydrogen-bond donors (Lipinski definition) is 0. The van der Waals surface area contributed by atoms with E-state index in [1.54, 1.807) is 24.3 Å². The van der Waals surface area contributed by atoms with Crippen molar-refractivity contribution in [2.45, 2.75) is 32.2 Å². The van der Waals surface area contributed by atoms with Crippen LogP contribution in [-0.2, 0) is 22.7 Å². The standard InChI is InChI=1S/C20H22F3NO2/c21-20(22,23)12-13-24(15-17-7-3-1-4-8-17)19(25)11-14-26-16-18-9-5-2-6-10-18/h1-10H,11-16H2. The molecule has 0 N–H and O–H groups in total. The van der Waals surface area contributed by atoms with Crippen molar-refractivity contribution in [2.75, 3.05) is 13.2 Å². The van der Waals surface area contributed by atoms with Crippen molar-refractivity contribution in [1.82, 2.24) is 4.90 Å². The van der Waals surface area contributed by atoms with Gasteiger partial charge in [0.1, 0.15) is 0 Å². The maximum Gasteiger partial charge on any atom is 0.390 e. The lowest BCUT2D eigenvalue weighted by molar-refractivity contribution is -0.146. The minimum absolute atomic E-state index is 0.0531. The molecule has 3 nitrogen and oxygen atoms in total. The van der Waals surface area contributed by atoms with Crippen LogP contribution in [-0.4, -0.2) is 30.1 Å². The zero-order chi connectivity index (χ0) is 18.8. The summed E-state index contributed by atoms with van der Waals surface area (Å²) in [4.78, 5) is 13.6. The van der Waals surface area contributed by atoms with Crippen molar-refractivity contribution in [1.29, 1.82) is 0 Å². The highest BCUT2D eigenvalue weighted by Crippen LogP contribution is 2.20. The van der Waals surface area contributed by atoms with Crippen molar-refractivity contribution < 1.29 is 22.7 Å². The topological polar surface area (TPSA) is 29.5 Å². The molecule has 1 amide bonds. The molecular weight excluding hydrogens is 343 g/mol. The van der Waals surface area contributed by atoms with Gasteiger partial charge in [-0.25, -0.2) is 0 Å². The third-order valence-electron chi connectivity index (χ3n) is 3.81. The van der Waals surface area contributed by atoms with E-state index in [4.69, 9.17) is 4.74 Å². The minimum Gasteiger partial charge on any atom is -0.376 e. The molecule has 0 aliphatic carbocycles. The molecule has 2 aromatic carbocycles. The Morgan fingerprint density at radius 1 is 0.923 bits per heavy atom. The third-order valence-corrected chi connectivity index (χ3v) is 3.81. The van der Waals surface area contributed by atoms with Crippen LogP contribution in [0.3, 0.4) is 0 Å². The smallest absolute Gasteiger partial charge is 0.376 e. The van der Waals surface area contributed by atoms with Crippen LogP contribution in [0.25, 0.3) is 0 Å². The molecule has 0 saturated carbocycles. The lowest BCUT2D eigenvalue weighted by Crippen LogP contribution is -2.34. The highest BCUT2D eigenvalue weighted by Gasteiger charge is 2.29. The molecule has 6 heteroatoms. The molecule has 2 aromatic rings. The van der Waals surface area contributed by atoms with Gasteiger partial charge in [0.15, 0.2) is 0 Å². The van der Waals surface area contributed by atoms with Gasteiger partial charge in [0.2, 0.25) is 5.91 Å². The van der Waals surface area contributed by atoms with E-state index in [1.807, 2.05) is 36.4 Å². The molecule has 2 rings (SSSR count). The Morgan fingerprint density at radius 2 is 1.50 bits per heavy atom. The Morgan fingerprint density at radius 3 is 2.08 bits per heavy atom. The fourth-order valence-electron chi connectivity index (χ4n) is 2.44. The van der Waals surface area contributed by atoms with Crippen LogP contribution in [0.4, 0.5) is 13.2 Å². The highest BCUT2D eigenvalue weighted by molar-refractivity contribution is 5.76. The Labute approximate surface area is 151 Å². The normalized spacial score (nSPS) is 11.3. The largest absolute Gasteiger partial charge is 0.390 e. The number of hydrogen-bond acceptors (Lipinski definition) is 2. The Kier molecular flexibility index (Phi) is 7.66. The maximum absolute atomic E-state index is 12.5. The summed E-state index contributed by atoms with van der Waals surface area (Å²) in [6, 6.07) is 18.5. The van der Waals surface area contributed by atoms with Gasteiger partial charge in [-0.05, 0) is 11.1 Å². The van der Waals surface area contributed by atoms with E-state index in [0.29, 0.717) is 6.61 Å². The summed E-state index contributed by atoms with van der Waals surface area (Å²) in [6.45, 7) is 0.352. The summed E-state index contributed by atoms with van der Waals surface area (Å²) in [7, 11) is 0. The lowest BCUT2D eigenvalue weighted by atomic mass is 10.2. The monoisotopic (exact) mass is 365 g/mol. The summed E-state index contributed by atoms with van der Waals surface area (Å²) >= 11 is 0. The maximum atomic E-state index is 12.5. The Balaban J connectivity index is 1.85. The van der Waals surface area contributed by atoms with Crippen LogP contribution in [0.5, 0.6) is 0 Å². The second kappa shape index (κ2) is 9.97. The number of benzene rings is 2. The molecule has 0 heterocycles. The van der Waals surface area contributed by atoms with E-state index in [1.165, 1.54) is 4.90 Å². The first kappa shape index (κ1) is 20.0. The Bertz CT molecular complexity index is 660. The molecule has 0 aromatic heterocycles. The van der Waals surface area contributed by atoms with E-state index < -0.39 is 12.6 Å². The number of amides is 1. The number of halogens is 3. The van der Waals surface area contributed by atoms with Crippen LogP contribution in [0.2, 0.25) is 0 Å².